The minimum atomic E-state index is 0.724. The molecule has 0 bridgehead atoms. The summed E-state index contributed by atoms with van der Waals surface area (Å²) in [6, 6.07) is 45.5. The van der Waals surface area contributed by atoms with Crippen LogP contribution >= 0.6 is 0 Å². The van der Waals surface area contributed by atoms with Gasteiger partial charge in [0.25, 0.3) is 0 Å². The summed E-state index contributed by atoms with van der Waals surface area (Å²) in [5, 5.41) is 9.88. The van der Waals surface area contributed by atoms with Crippen LogP contribution in [0.25, 0.3) is 66.2 Å². The summed E-state index contributed by atoms with van der Waals surface area (Å²) >= 11 is 0. The van der Waals surface area contributed by atoms with Gasteiger partial charge in [-0.1, -0.05) is 121 Å². The fourth-order valence-corrected chi connectivity index (χ4v) is 6.81. The Morgan fingerprint density at radius 3 is 2.15 bits per heavy atom. The van der Waals surface area contributed by atoms with Gasteiger partial charge in [-0.3, -0.25) is 4.57 Å². The molecule has 0 atom stereocenters. The maximum atomic E-state index is 5.52. The second kappa shape index (κ2) is 8.54. The van der Waals surface area contributed by atoms with Crippen LogP contribution in [0.3, 0.4) is 0 Å². The van der Waals surface area contributed by atoms with E-state index in [0.29, 0.717) is 0 Å². The molecular formula is C38H25N3. The van der Waals surface area contributed by atoms with Gasteiger partial charge in [0.1, 0.15) is 5.84 Å². The van der Waals surface area contributed by atoms with Gasteiger partial charge < -0.3 is 4.98 Å². The molecule has 0 spiro atoms. The average Bonchev–Trinajstić information content (AvgIpc) is 3.52. The SMILES string of the molecule is C1=c2ccccc2=C(c2ccccc2)N=C(n2c3ccccc3c3c4c5ccccc5[nH]c4c4ccccc4c32)C1. The highest BCUT2D eigenvalue weighted by Crippen LogP contribution is 2.43. The van der Waals surface area contributed by atoms with E-state index < -0.39 is 0 Å². The number of H-pyrrole nitrogens is 1. The van der Waals surface area contributed by atoms with Gasteiger partial charge in [0.2, 0.25) is 0 Å². The zero-order valence-electron chi connectivity index (χ0n) is 22.3. The molecule has 8 aromatic rings. The van der Waals surface area contributed by atoms with Crippen molar-refractivity contribution in [2.24, 2.45) is 4.99 Å². The van der Waals surface area contributed by atoms with Crippen LogP contribution in [-0.2, 0) is 0 Å². The van der Waals surface area contributed by atoms with Crippen molar-refractivity contribution in [2.75, 3.05) is 0 Å². The van der Waals surface area contributed by atoms with Crippen molar-refractivity contribution in [3.8, 4) is 0 Å². The van der Waals surface area contributed by atoms with E-state index in [2.05, 4.69) is 143 Å². The van der Waals surface area contributed by atoms with E-state index in [1.807, 2.05) is 0 Å². The van der Waals surface area contributed by atoms with E-state index in [1.165, 1.54) is 59.3 Å². The molecule has 0 aliphatic carbocycles. The van der Waals surface area contributed by atoms with E-state index in [0.717, 1.165) is 29.0 Å². The second-order valence-corrected chi connectivity index (χ2v) is 10.8. The number of nitrogens with zero attached hydrogens (tertiary/aromatic N) is 2. The van der Waals surface area contributed by atoms with Crippen LogP contribution in [-0.4, -0.2) is 15.4 Å². The summed E-state index contributed by atoms with van der Waals surface area (Å²) < 4.78 is 2.43. The average molecular weight is 524 g/mol. The molecule has 9 rings (SSSR count). The standard InChI is InChI=1S/C38H25N3/c1-2-13-25(14-3-1)36-26-15-5-4-12-24(26)22-23-33(40-36)41-32-21-11-9-19-30(32)35-34-29-18-8-10-20-31(29)39-37(34)27-16-6-7-17-28(27)38(35)41/h1-22,39H,23H2. The molecule has 0 saturated carbocycles. The number of fused-ring (bicyclic) bond motifs is 11. The van der Waals surface area contributed by atoms with Crippen molar-refractivity contribution >= 4 is 72.0 Å². The molecule has 2 aromatic heterocycles. The number of hydrogen-bond donors (Lipinski definition) is 1. The third-order valence-corrected chi connectivity index (χ3v) is 8.55. The molecule has 41 heavy (non-hydrogen) atoms. The lowest BCUT2D eigenvalue weighted by Gasteiger charge is -2.13. The molecule has 0 radical (unpaired) electrons. The largest absolute Gasteiger partial charge is 0.354 e. The third-order valence-electron chi connectivity index (χ3n) is 8.55. The van der Waals surface area contributed by atoms with Gasteiger partial charge in [-0.25, -0.2) is 4.99 Å². The zero-order valence-corrected chi connectivity index (χ0v) is 22.3. The van der Waals surface area contributed by atoms with Crippen LogP contribution in [0, 0.1) is 0 Å². The van der Waals surface area contributed by atoms with Gasteiger partial charge in [0.05, 0.1) is 22.2 Å². The van der Waals surface area contributed by atoms with E-state index in [4.69, 9.17) is 4.99 Å². The molecule has 3 nitrogen and oxygen atoms in total. The number of benzene rings is 6. The normalized spacial score (nSPS) is 13.6. The summed E-state index contributed by atoms with van der Waals surface area (Å²) in [6.07, 6.45) is 3.05. The first-order valence-corrected chi connectivity index (χ1v) is 14.1. The fraction of sp³-hybridized carbons (Fsp3) is 0.0263. The monoisotopic (exact) mass is 523 g/mol. The predicted octanol–water partition coefficient (Wildman–Crippen LogP) is 7.87. The van der Waals surface area contributed by atoms with Gasteiger partial charge in [0.15, 0.2) is 0 Å². The Kier molecular flexibility index (Phi) is 4.67. The lowest BCUT2D eigenvalue weighted by Crippen LogP contribution is -2.25. The Hall–Kier alpha value is -5.41. The fourth-order valence-electron chi connectivity index (χ4n) is 6.81. The molecule has 1 N–H and O–H groups in total. The van der Waals surface area contributed by atoms with Crippen LogP contribution in [0.1, 0.15) is 12.0 Å². The van der Waals surface area contributed by atoms with E-state index >= 15 is 0 Å². The Balaban J connectivity index is 1.50. The van der Waals surface area contributed by atoms with Crippen LogP contribution in [0.2, 0.25) is 0 Å². The Bertz CT molecular complexity index is 2490. The lowest BCUT2D eigenvalue weighted by atomic mass is 9.99. The van der Waals surface area contributed by atoms with Gasteiger partial charge in [-0.15, -0.1) is 0 Å². The molecule has 6 aromatic carbocycles. The van der Waals surface area contributed by atoms with Crippen LogP contribution in [0.4, 0.5) is 0 Å². The van der Waals surface area contributed by atoms with Crippen molar-refractivity contribution < 1.29 is 0 Å². The third kappa shape index (κ3) is 3.17. The number of aromatic amines is 1. The molecule has 3 heterocycles. The van der Waals surface area contributed by atoms with E-state index in [-0.39, 0.29) is 0 Å². The topological polar surface area (TPSA) is 33.1 Å². The van der Waals surface area contributed by atoms with Crippen molar-refractivity contribution in [3.63, 3.8) is 0 Å². The number of aromatic nitrogens is 2. The first-order chi connectivity index (χ1) is 20.4. The summed E-state index contributed by atoms with van der Waals surface area (Å²) in [5.74, 6) is 1.02. The maximum absolute atomic E-state index is 5.52. The summed E-state index contributed by atoms with van der Waals surface area (Å²) in [6.45, 7) is 0. The molecule has 0 fully saturated rings. The Morgan fingerprint density at radius 2 is 1.27 bits per heavy atom. The molecule has 0 amide bonds. The molecule has 192 valence electrons. The number of para-hydroxylation sites is 2. The molecule has 1 aliphatic heterocycles. The highest BCUT2D eigenvalue weighted by atomic mass is 15.1. The van der Waals surface area contributed by atoms with Crippen molar-refractivity contribution in [3.05, 3.63) is 143 Å². The number of nitrogens with one attached hydrogen (secondary N) is 1. The Morgan fingerprint density at radius 1 is 0.585 bits per heavy atom. The van der Waals surface area contributed by atoms with Crippen LogP contribution in [0.5, 0.6) is 0 Å². The summed E-state index contributed by atoms with van der Waals surface area (Å²) in [5.41, 5.74) is 6.87. The predicted molar refractivity (Wildman–Crippen MR) is 173 cm³/mol. The lowest BCUT2D eigenvalue weighted by molar-refractivity contribution is 1.21. The van der Waals surface area contributed by atoms with Gasteiger partial charge in [-0.05, 0) is 17.4 Å². The van der Waals surface area contributed by atoms with Crippen molar-refractivity contribution in [1.29, 1.82) is 0 Å². The number of hydrogen-bond acceptors (Lipinski definition) is 1. The minimum absolute atomic E-state index is 0.724. The number of rotatable bonds is 1. The molecule has 3 heteroatoms. The second-order valence-electron chi connectivity index (χ2n) is 10.8. The molecular weight excluding hydrogens is 498 g/mol. The summed E-state index contributed by atoms with van der Waals surface area (Å²) in [7, 11) is 0. The maximum Gasteiger partial charge on any atom is 0.118 e. The summed E-state index contributed by atoms with van der Waals surface area (Å²) in [4.78, 5) is 9.29. The van der Waals surface area contributed by atoms with Gasteiger partial charge in [0, 0.05) is 55.0 Å². The van der Waals surface area contributed by atoms with Crippen LogP contribution < -0.4 is 10.4 Å². The minimum Gasteiger partial charge on any atom is -0.354 e. The smallest absolute Gasteiger partial charge is 0.118 e. The first-order valence-electron chi connectivity index (χ1n) is 14.1. The van der Waals surface area contributed by atoms with Gasteiger partial charge >= 0.3 is 0 Å². The van der Waals surface area contributed by atoms with Gasteiger partial charge in [-0.2, -0.15) is 0 Å². The van der Waals surface area contributed by atoms with E-state index in [1.54, 1.807) is 0 Å². The van der Waals surface area contributed by atoms with E-state index in [9.17, 15) is 0 Å². The Labute approximate surface area is 236 Å². The molecule has 0 unspecified atom stereocenters. The highest BCUT2D eigenvalue weighted by molar-refractivity contribution is 6.37. The highest BCUT2D eigenvalue weighted by Gasteiger charge is 2.23. The van der Waals surface area contributed by atoms with Crippen molar-refractivity contribution in [1.82, 2.24) is 9.55 Å². The zero-order chi connectivity index (χ0) is 26.9. The first kappa shape index (κ1) is 22.4. The number of aliphatic imine (C=N–C) groups is 1. The molecule has 0 saturated heterocycles. The quantitative estimate of drug-likeness (QED) is 0.227. The van der Waals surface area contributed by atoms with Crippen molar-refractivity contribution in [2.45, 2.75) is 6.42 Å². The van der Waals surface area contributed by atoms with Crippen LogP contribution in [0.15, 0.2) is 132 Å². The molecule has 1 aliphatic rings.